The van der Waals surface area contributed by atoms with Crippen LogP contribution >= 0.6 is 11.3 Å². The molecule has 0 saturated heterocycles. The molecule has 0 saturated carbocycles. The summed E-state index contributed by atoms with van der Waals surface area (Å²) in [5, 5.41) is 5.63. The summed E-state index contributed by atoms with van der Waals surface area (Å²) >= 11 is -0.958. The van der Waals surface area contributed by atoms with Gasteiger partial charge in [0.25, 0.3) is 0 Å². The molecule has 2 aromatic rings. The molecule has 3 atom stereocenters. The zero-order valence-corrected chi connectivity index (χ0v) is 18.4. The molecular weight excluding hydrogens is 444 g/mol. The zero-order chi connectivity index (χ0) is 22.4. The molecule has 2 unspecified atom stereocenters. The van der Waals surface area contributed by atoms with Crippen LogP contribution < -0.4 is 10.0 Å². The number of thiazole rings is 1. The number of rotatable bonds is 9. The summed E-state index contributed by atoms with van der Waals surface area (Å²) in [6, 6.07) is 6.41. The van der Waals surface area contributed by atoms with Gasteiger partial charge >= 0.3 is 0 Å². The van der Waals surface area contributed by atoms with Crippen LogP contribution in [0.25, 0.3) is 0 Å². The Morgan fingerprint density at radius 2 is 2.13 bits per heavy atom. The lowest BCUT2D eigenvalue weighted by molar-refractivity contribution is -0.121. The van der Waals surface area contributed by atoms with Gasteiger partial charge in [-0.3, -0.25) is 9.00 Å². The normalized spacial score (nSPS) is 18.0. The molecule has 10 heteroatoms. The monoisotopic (exact) mass is 466 g/mol. The van der Waals surface area contributed by atoms with E-state index in [1.54, 1.807) is 24.3 Å². The lowest BCUT2D eigenvalue weighted by Gasteiger charge is -2.18. The number of hydrogen-bond acceptors (Lipinski definition) is 5. The van der Waals surface area contributed by atoms with Crippen molar-refractivity contribution < 1.29 is 22.3 Å². The number of hydrogen-bond donors (Lipinski definition) is 2. The van der Waals surface area contributed by atoms with E-state index in [4.69, 9.17) is 0 Å². The maximum absolute atomic E-state index is 13.5. The highest BCUT2D eigenvalue weighted by Gasteiger charge is 2.22. The fourth-order valence-corrected chi connectivity index (χ4v) is 4.41. The van der Waals surface area contributed by atoms with E-state index in [2.05, 4.69) is 15.0 Å². The van der Waals surface area contributed by atoms with E-state index < -0.39 is 29.3 Å². The molecule has 6 nitrogen and oxygen atoms in total. The second-order valence-electron chi connectivity index (χ2n) is 7.08. The third kappa shape index (κ3) is 6.78. The lowest BCUT2D eigenvalue weighted by atomic mass is 10.0. The summed E-state index contributed by atoms with van der Waals surface area (Å²) in [6.45, 7) is 1.99. The van der Waals surface area contributed by atoms with Gasteiger partial charge in [-0.2, -0.15) is 0 Å². The summed E-state index contributed by atoms with van der Waals surface area (Å²) in [6.07, 6.45) is 2.05. The molecule has 0 fully saturated rings. The third-order valence-corrected chi connectivity index (χ3v) is 6.14. The van der Waals surface area contributed by atoms with Gasteiger partial charge in [0, 0.05) is 28.8 Å². The van der Waals surface area contributed by atoms with Crippen molar-refractivity contribution in [2.45, 2.75) is 44.8 Å². The van der Waals surface area contributed by atoms with E-state index in [1.807, 2.05) is 12.3 Å². The van der Waals surface area contributed by atoms with Gasteiger partial charge < -0.3 is 14.6 Å². The standard InChI is InChI=1S/C21H23F2N3O3S2/c1-2-15-12-30-21(24-15)19(10-13-3-6-16(7-4-13)26-31(28)29)25-20(27)11-14-5-8-17(22)18(23)9-14/h3-7,9,12,17,19,26H,2,8,10-11H2,1H3,(H,25,27)(H,28,29)/p-1/t17?,19-/m0/s1. The Morgan fingerprint density at radius 1 is 1.39 bits per heavy atom. The van der Waals surface area contributed by atoms with Crippen molar-refractivity contribution in [1.29, 1.82) is 0 Å². The lowest BCUT2D eigenvalue weighted by Crippen LogP contribution is -2.30. The Balaban J connectivity index is 1.72. The van der Waals surface area contributed by atoms with E-state index in [0.717, 1.165) is 28.8 Å². The van der Waals surface area contributed by atoms with Crippen LogP contribution in [0.15, 0.2) is 53.2 Å². The molecule has 166 valence electrons. The van der Waals surface area contributed by atoms with Crippen LogP contribution in [0, 0.1) is 0 Å². The first-order valence-corrected chi connectivity index (χ1v) is 11.7. The van der Waals surface area contributed by atoms with Crippen LogP contribution in [0.5, 0.6) is 0 Å². The van der Waals surface area contributed by atoms with Crippen LogP contribution in [0.3, 0.4) is 0 Å². The maximum Gasteiger partial charge on any atom is 0.224 e. The smallest absolute Gasteiger partial charge is 0.224 e. The van der Waals surface area contributed by atoms with Gasteiger partial charge in [0.1, 0.15) is 10.8 Å². The largest absolute Gasteiger partial charge is 0.755 e. The van der Waals surface area contributed by atoms with Gasteiger partial charge in [0.05, 0.1) is 18.2 Å². The van der Waals surface area contributed by atoms with Crippen LogP contribution in [0.1, 0.15) is 42.1 Å². The van der Waals surface area contributed by atoms with Gasteiger partial charge in [-0.15, -0.1) is 11.3 Å². The average Bonchev–Trinajstić information content (AvgIpc) is 3.20. The molecule has 1 heterocycles. The zero-order valence-electron chi connectivity index (χ0n) is 16.8. The number of aryl methyl sites for hydroxylation is 1. The number of amides is 1. The summed E-state index contributed by atoms with van der Waals surface area (Å²) in [5.41, 5.74) is 2.68. The highest BCUT2D eigenvalue weighted by atomic mass is 32.2. The minimum Gasteiger partial charge on any atom is -0.755 e. The summed E-state index contributed by atoms with van der Waals surface area (Å²) in [7, 11) is 0. The first kappa shape index (κ1) is 23.2. The topological polar surface area (TPSA) is 94.1 Å². The molecule has 31 heavy (non-hydrogen) atoms. The van der Waals surface area contributed by atoms with E-state index in [9.17, 15) is 22.3 Å². The first-order chi connectivity index (χ1) is 14.8. The predicted molar refractivity (Wildman–Crippen MR) is 116 cm³/mol. The third-order valence-electron chi connectivity index (χ3n) is 4.73. The number of nitrogens with one attached hydrogen (secondary N) is 2. The van der Waals surface area contributed by atoms with Crippen molar-refractivity contribution in [3.63, 3.8) is 0 Å². The second kappa shape index (κ2) is 10.7. The molecule has 2 N–H and O–H groups in total. The number of alkyl halides is 1. The molecule has 1 amide bonds. The molecule has 0 radical (unpaired) electrons. The van der Waals surface area contributed by atoms with Gasteiger partial charge in [0.2, 0.25) is 5.91 Å². The first-order valence-electron chi connectivity index (χ1n) is 9.72. The van der Waals surface area contributed by atoms with Crippen molar-refractivity contribution in [2.24, 2.45) is 0 Å². The highest BCUT2D eigenvalue weighted by molar-refractivity contribution is 7.80. The van der Waals surface area contributed by atoms with E-state index in [1.165, 1.54) is 17.4 Å². The minimum absolute atomic E-state index is 0.0547. The summed E-state index contributed by atoms with van der Waals surface area (Å²) < 4.78 is 50.6. The second-order valence-corrected chi connectivity index (χ2v) is 8.64. The number of halogens is 2. The molecule has 3 rings (SSSR count). The number of allylic oxidation sites excluding steroid dienone is 3. The van der Waals surface area contributed by atoms with Crippen LogP contribution in [0.4, 0.5) is 14.5 Å². The van der Waals surface area contributed by atoms with Gasteiger partial charge in [-0.25, -0.2) is 13.8 Å². The van der Waals surface area contributed by atoms with Crippen molar-refractivity contribution in [3.8, 4) is 0 Å². The molecule has 0 spiro atoms. The van der Waals surface area contributed by atoms with Crippen LogP contribution in [0.2, 0.25) is 0 Å². The molecule has 0 bridgehead atoms. The number of nitrogens with zero attached hydrogens (tertiary/aromatic N) is 1. The van der Waals surface area contributed by atoms with Gasteiger partial charge in [0.15, 0.2) is 6.17 Å². The molecule has 1 aromatic carbocycles. The Hall–Kier alpha value is -2.43. The Kier molecular flexibility index (Phi) is 8.05. The van der Waals surface area contributed by atoms with Crippen molar-refractivity contribution in [2.75, 3.05) is 4.72 Å². The molecule has 1 aliphatic carbocycles. The quantitative estimate of drug-likeness (QED) is 0.541. The molecule has 1 aliphatic rings. The van der Waals surface area contributed by atoms with Crippen LogP contribution in [-0.4, -0.2) is 25.8 Å². The Labute approximate surface area is 185 Å². The number of aromatic nitrogens is 1. The van der Waals surface area contributed by atoms with E-state index in [0.29, 0.717) is 17.7 Å². The highest BCUT2D eigenvalue weighted by Crippen LogP contribution is 2.26. The minimum atomic E-state index is -2.40. The molecule has 0 aliphatic heterocycles. The van der Waals surface area contributed by atoms with Crippen molar-refractivity contribution in [1.82, 2.24) is 10.3 Å². The van der Waals surface area contributed by atoms with Crippen molar-refractivity contribution >= 4 is 34.2 Å². The van der Waals surface area contributed by atoms with Gasteiger partial charge in [-0.1, -0.05) is 25.1 Å². The molecule has 1 aromatic heterocycles. The number of carbonyl (C=O) groups is 1. The molecular formula is C21H22F2N3O3S2-. The SMILES string of the molecule is CCc1csc([C@H](Cc2ccc(NS(=O)[O-])cc2)NC(=O)CC2=CCC(F)C(F)=C2)n1. The summed E-state index contributed by atoms with van der Waals surface area (Å²) in [5.74, 6) is -1.17. The van der Waals surface area contributed by atoms with Crippen LogP contribution in [-0.2, 0) is 28.9 Å². The van der Waals surface area contributed by atoms with Crippen molar-refractivity contribution in [3.05, 3.63) is 69.5 Å². The summed E-state index contributed by atoms with van der Waals surface area (Å²) in [4.78, 5) is 17.2. The Bertz CT molecular complexity index is 1010. The number of anilines is 1. The average molecular weight is 467 g/mol. The maximum atomic E-state index is 13.5. The number of benzene rings is 1. The van der Waals surface area contributed by atoms with E-state index >= 15 is 0 Å². The van der Waals surface area contributed by atoms with E-state index in [-0.39, 0.29) is 18.7 Å². The fraction of sp³-hybridized carbons (Fsp3) is 0.333. The Morgan fingerprint density at radius 3 is 2.74 bits per heavy atom. The van der Waals surface area contributed by atoms with Gasteiger partial charge in [-0.05, 0) is 42.2 Å². The fourth-order valence-electron chi connectivity index (χ4n) is 3.13. The predicted octanol–water partition coefficient (Wildman–Crippen LogP) is 4.22. The number of carbonyl (C=O) groups excluding carboxylic acids is 1.